The third-order valence-corrected chi connectivity index (χ3v) is 7.67. The van der Waals surface area contributed by atoms with Crippen LogP contribution in [0.5, 0.6) is 0 Å². The van der Waals surface area contributed by atoms with Gasteiger partial charge in [-0.25, -0.2) is 0 Å². The molecule has 3 aliphatic rings. The highest BCUT2D eigenvalue weighted by atomic mass is 16.4. The maximum absolute atomic E-state index is 13.8. The zero-order valence-corrected chi connectivity index (χ0v) is 18.6. The van der Waals surface area contributed by atoms with Crippen molar-refractivity contribution in [1.29, 1.82) is 0 Å². The highest BCUT2D eigenvalue weighted by Gasteiger charge is 2.55. The van der Waals surface area contributed by atoms with Gasteiger partial charge >= 0.3 is 5.97 Å². The third-order valence-electron chi connectivity index (χ3n) is 7.67. The number of hydrogen-bond donors (Lipinski definition) is 2. The van der Waals surface area contributed by atoms with Crippen LogP contribution in [0.3, 0.4) is 0 Å². The fraction of sp³-hybridized carbons (Fsp3) is 0.133. The fourth-order valence-electron chi connectivity index (χ4n) is 6.32. The van der Waals surface area contributed by atoms with Gasteiger partial charge in [0, 0.05) is 34.4 Å². The third kappa shape index (κ3) is 2.81. The lowest BCUT2D eigenvalue weighted by Gasteiger charge is -2.48. The Morgan fingerprint density at radius 3 is 1.83 bits per heavy atom. The van der Waals surface area contributed by atoms with Crippen molar-refractivity contribution in [3.05, 3.63) is 113 Å². The molecular weight excluding hydrogens is 438 g/mol. The van der Waals surface area contributed by atoms with Crippen molar-refractivity contribution < 1.29 is 19.1 Å². The van der Waals surface area contributed by atoms with Crippen molar-refractivity contribution in [2.45, 2.75) is 11.8 Å². The van der Waals surface area contributed by atoms with Gasteiger partial charge in [-0.05, 0) is 40.5 Å². The Morgan fingerprint density at radius 2 is 1.20 bits per heavy atom. The second kappa shape index (κ2) is 7.31. The maximum atomic E-state index is 13.8. The number of rotatable bonds is 3. The summed E-state index contributed by atoms with van der Waals surface area (Å²) >= 11 is 0. The van der Waals surface area contributed by atoms with Gasteiger partial charge in [0.25, 0.3) is 0 Å². The molecule has 0 saturated heterocycles. The number of aliphatic carboxylic acids is 1. The number of benzene rings is 4. The van der Waals surface area contributed by atoms with Gasteiger partial charge in [-0.3, -0.25) is 9.59 Å². The first kappa shape index (κ1) is 20.0. The standard InChI is InChI=1S/C30H21NO4/c32-29(31-16-13-14-18-17-7-5-6-12-23(17)35-24(18)15-16)27-25-19-8-1-3-10-21(19)26(28(27)30(33)34)22-11-4-2-9-20(22)25/h1-15,25-28H,(H,31,32)(H,33,34)/t25?,26?,27-,28-/m1/s1. The number of nitrogens with one attached hydrogen (secondary N) is 1. The number of furan rings is 1. The summed E-state index contributed by atoms with van der Waals surface area (Å²) in [5.41, 5.74) is 6.17. The number of amides is 1. The Kier molecular flexibility index (Phi) is 4.18. The lowest BCUT2D eigenvalue weighted by molar-refractivity contribution is -0.148. The van der Waals surface area contributed by atoms with Crippen LogP contribution >= 0.6 is 0 Å². The van der Waals surface area contributed by atoms with Crippen molar-refractivity contribution >= 4 is 39.5 Å². The van der Waals surface area contributed by atoms with Gasteiger partial charge in [0.15, 0.2) is 0 Å². The lowest BCUT2D eigenvalue weighted by Crippen LogP contribution is -2.48. The minimum absolute atomic E-state index is 0.285. The molecule has 0 spiro atoms. The number of carboxylic acid groups (broad SMARTS) is 1. The van der Waals surface area contributed by atoms with E-state index in [4.69, 9.17) is 4.42 Å². The number of carbonyl (C=O) groups is 2. The molecule has 3 aliphatic carbocycles. The second-order valence-corrected chi connectivity index (χ2v) is 9.40. The van der Waals surface area contributed by atoms with Gasteiger partial charge in [-0.1, -0.05) is 66.7 Å². The Bertz CT molecular complexity index is 1620. The van der Waals surface area contributed by atoms with Crippen LogP contribution in [0.4, 0.5) is 5.69 Å². The summed E-state index contributed by atoms with van der Waals surface area (Å²) in [7, 11) is 0. The molecule has 5 nitrogen and oxygen atoms in total. The number of para-hydroxylation sites is 1. The van der Waals surface area contributed by atoms with E-state index in [-0.39, 0.29) is 17.7 Å². The van der Waals surface area contributed by atoms with Crippen LogP contribution in [0.25, 0.3) is 21.9 Å². The van der Waals surface area contributed by atoms with E-state index in [2.05, 4.69) is 5.32 Å². The molecule has 2 atom stereocenters. The number of hydrogen-bond acceptors (Lipinski definition) is 3. The van der Waals surface area contributed by atoms with Crippen molar-refractivity contribution in [3.63, 3.8) is 0 Å². The lowest BCUT2D eigenvalue weighted by atomic mass is 9.54. The number of anilines is 1. The number of fused-ring (bicyclic) bond motifs is 4. The molecular formula is C30H21NO4. The predicted molar refractivity (Wildman–Crippen MR) is 134 cm³/mol. The molecule has 170 valence electrons. The summed E-state index contributed by atoms with van der Waals surface area (Å²) in [6, 6.07) is 29.3. The molecule has 35 heavy (non-hydrogen) atoms. The van der Waals surface area contributed by atoms with Crippen molar-refractivity contribution in [2.24, 2.45) is 11.8 Å². The van der Waals surface area contributed by atoms with E-state index in [1.807, 2.05) is 91.0 Å². The van der Waals surface area contributed by atoms with Gasteiger partial charge in [-0.15, -0.1) is 0 Å². The fourth-order valence-corrected chi connectivity index (χ4v) is 6.32. The normalized spacial score (nSPS) is 22.1. The summed E-state index contributed by atoms with van der Waals surface area (Å²) in [6.07, 6.45) is 0. The topological polar surface area (TPSA) is 79.5 Å². The molecule has 5 heteroatoms. The molecule has 0 radical (unpaired) electrons. The molecule has 2 bridgehead atoms. The van der Waals surface area contributed by atoms with Crippen LogP contribution in [0.2, 0.25) is 0 Å². The summed E-state index contributed by atoms with van der Waals surface area (Å²) in [5, 5.41) is 15.3. The smallest absolute Gasteiger partial charge is 0.308 e. The monoisotopic (exact) mass is 459 g/mol. The van der Waals surface area contributed by atoms with E-state index in [1.165, 1.54) is 0 Å². The molecule has 1 heterocycles. The molecule has 0 saturated carbocycles. The molecule has 1 aromatic heterocycles. The number of carbonyl (C=O) groups excluding carboxylic acids is 1. The number of carboxylic acids is 1. The van der Waals surface area contributed by atoms with E-state index in [1.54, 1.807) is 0 Å². The van der Waals surface area contributed by atoms with Gasteiger partial charge < -0.3 is 14.8 Å². The molecule has 0 unspecified atom stereocenters. The van der Waals surface area contributed by atoms with Gasteiger partial charge in [0.05, 0.1) is 11.8 Å². The Morgan fingerprint density at radius 1 is 0.657 bits per heavy atom. The summed E-state index contributed by atoms with van der Waals surface area (Å²) in [5.74, 6) is -3.49. The Labute approximate surface area is 201 Å². The van der Waals surface area contributed by atoms with E-state index < -0.39 is 17.8 Å². The Hall–Kier alpha value is -4.38. The van der Waals surface area contributed by atoms with Crippen LogP contribution in [0.1, 0.15) is 34.1 Å². The first-order chi connectivity index (χ1) is 17.1. The molecule has 5 aromatic rings. The maximum Gasteiger partial charge on any atom is 0.308 e. The minimum Gasteiger partial charge on any atom is -0.481 e. The van der Waals surface area contributed by atoms with E-state index in [0.717, 1.165) is 38.6 Å². The molecule has 2 N–H and O–H groups in total. The van der Waals surface area contributed by atoms with Gasteiger partial charge in [0.2, 0.25) is 5.91 Å². The SMILES string of the molecule is O=C(O)[C@@H]1C2c3ccccc3C(c3ccccc32)[C@H]1C(=O)Nc1ccc2c(c1)oc1ccccc12. The average Bonchev–Trinajstić information content (AvgIpc) is 3.26. The zero-order chi connectivity index (χ0) is 23.7. The van der Waals surface area contributed by atoms with Crippen molar-refractivity contribution in [2.75, 3.05) is 5.32 Å². The van der Waals surface area contributed by atoms with Gasteiger partial charge in [-0.2, -0.15) is 0 Å². The summed E-state index contributed by atoms with van der Waals surface area (Å²) in [4.78, 5) is 26.4. The molecule has 8 rings (SSSR count). The highest BCUT2D eigenvalue weighted by molar-refractivity contribution is 6.07. The van der Waals surface area contributed by atoms with Crippen LogP contribution in [0, 0.1) is 11.8 Å². The molecule has 0 fully saturated rings. The molecule has 1 amide bonds. The quantitative estimate of drug-likeness (QED) is 0.340. The van der Waals surface area contributed by atoms with Crippen LogP contribution in [-0.2, 0) is 9.59 Å². The first-order valence-electron chi connectivity index (χ1n) is 11.7. The average molecular weight is 460 g/mol. The first-order valence-corrected chi connectivity index (χ1v) is 11.7. The second-order valence-electron chi connectivity index (χ2n) is 9.40. The largest absolute Gasteiger partial charge is 0.481 e. The van der Waals surface area contributed by atoms with E-state index in [0.29, 0.717) is 11.3 Å². The summed E-state index contributed by atoms with van der Waals surface area (Å²) in [6.45, 7) is 0. The van der Waals surface area contributed by atoms with Crippen molar-refractivity contribution in [3.8, 4) is 0 Å². The molecule has 4 aromatic carbocycles. The zero-order valence-electron chi connectivity index (χ0n) is 18.6. The van der Waals surface area contributed by atoms with E-state index >= 15 is 0 Å². The van der Waals surface area contributed by atoms with E-state index in [9.17, 15) is 14.7 Å². The summed E-state index contributed by atoms with van der Waals surface area (Å²) < 4.78 is 5.98. The van der Waals surface area contributed by atoms with Crippen LogP contribution in [-0.4, -0.2) is 17.0 Å². The van der Waals surface area contributed by atoms with Gasteiger partial charge in [0.1, 0.15) is 11.2 Å². The molecule has 0 aliphatic heterocycles. The Balaban J connectivity index is 1.32. The van der Waals surface area contributed by atoms with Crippen LogP contribution in [0.15, 0.2) is 95.4 Å². The highest BCUT2D eigenvalue weighted by Crippen LogP contribution is 2.58. The predicted octanol–water partition coefficient (Wildman–Crippen LogP) is 6.13. The van der Waals surface area contributed by atoms with Crippen LogP contribution < -0.4 is 5.32 Å². The van der Waals surface area contributed by atoms with Crippen molar-refractivity contribution in [1.82, 2.24) is 0 Å². The minimum atomic E-state index is -0.947.